The first-order valence-electron chi connectivity index (χ1n) is 7.35. The first-order valence-corrected chi connectivity index (χ1v) is 7.35. The maximum absolute atomic E-state index is 14.1. The predicted octanol–water partition coefficient (Wildman–Crippen LogP) is 5.30. The third kappa shape index (κ3) is 3.46. The van der Waals surface area contributed by atoms with Crippen LogP contribution in [0.25, 0.3) is 0 Å². The number of hydrogen-bond acceptors (Lipinski definition) is 4. The van der Waals surface area contributed by atoms with Crippen molar-refractivity contribution in [2.45, 2.75) is 0 Å². The second-order valence-corrected chi connectivity index (χ2v) is 5.33. The van der Waals surface area contributed by atoms with Gasteiger partial charge in [0.2, 0.25) is 0 Å². The maximum atomic E-state index is 14.1. The fourth-order valence-corrected chi connectivity index (χ4v) is 2.29. The molecule has 8 heteroatoms. The topological polar surface area (TPSA) is 46.9 Å². The van der Waals surface area contributed by atoms with Crippen molar-refractivity contribution >= 4 is 22.7 Å². The van der Waals surface area contributed by atoms with Gasteiger partial charge in [-0.2, -0.15) is 0 Å². The molecule has 0 saturated heterocycles. The Hall–Kier alpha value is -3.10. The largest absolute Gasteiger partial charge is 0.283 e. The van der Waals surface area contributed by atoms with E-state index in [-0.39, 0.29) is 11.4 Å². The summed E-state index contributed by atoms with van der Waals surface area (Å²) in [5, 5.41) is 21.1. The van der Waals surface area contributed by atoms with Crippen LogP contribution in [0, 0.1) is 23.3 Å². The molecule has 4 nitrogen and oxygen atoms in total. The minimum atomic E-state index is -1.11. The Morgan fingerprint density at radius 1 is 0.538 bits per heavy atom. The normalized spacial score (nSPS) is 10.7. The Bertz CT molecular complexity index is 845. The van der Waals surface area contributed by atoms with E-state index in [1.54, 1.807) is 0 Å². The number of rotatable bonds is 4. The molecule has 0 unspecified atom stereocenters. The van der Waals surface area contributed by atoms with E-state index >= 15 is 0 Å². The molecule has 0 bridgehead atoms. The fourth-order valence-electron chi connectivity index (χ4n) is 2.29. The van der Waals surface area contributed by atoms with Gasteiger partial charge in [0.25, 0.3) is 0 Å². The highest BCUT2D eigenvalue weighted by molar-refractivity contribution is 5.69. The lowest BCUT2D eigenvalue weighted by Crippen LogP contribution is -2.16. The molecule has 3 aromatic rings. The van der Waals surface area contributed by atoms with Crippen molar-refractivity contribution in [2.24, 2.45) is 0 Å². The summed E-state index contributed by atoms with van der Waals surface area (Å²) in [5.74, 6) is -3.32. The first-order chi connectivity index (χ1) is 12.4. The summed E-state index contributed by atoms with van der Waals surface area (Å²) < 4.78 is 54.2. The number of hydrogen-bond donors (Lipinski definition) is 2. The maximum Gasteiger partial charge on any atom is 0.152 e. The molecule has 0 aromatic heterocycles. The minimum Gasteiger partial charge on any atom is -0.283 e. The Balaban J connectivity index is 2.01. The number of benzene rings is 3. The third-order valence-electron chi connectivity index (χ3n) is 3.62. The van der Waals surface area contributed by atoms with Crippen LogP contribution in [0.4, 0.5) is 40.3 Å². The van der Waals surface area contributed by atoms with Gasteiger partial charge in [0.05, 0.1) is 11.4 Å². The van der Waals surface area contributed by atoms with E-state index in [2.05, 4.69) is 0 Å². The van der Waals surface area contributed by atoms with Crippen molar-refractivity contribution in [1.29, 1.82) is 0 Å². The Labute approximate surface area is 145 Å². The smallest absolute Gasteiger partial charge is 0.152 e. The second kappa shape index (κ2) is 7.03. The zero-order valence-electron chi connectivity index (χ0n) is 13.1. The minimum absolute atomic E-state index is 0.0223. The standard InChI is InChI=1S/C18H12F4N2O2/c19-11-1-5-13(6-2-11)23(25)17-10-18(16(22)9-15(17)21)24(26)14-7-3-12(20)4-8-14/h1-10,25-26H. The van der Waals surface area contributed by atoms with Crippen LogP contribution in [-0.2, 0) is 0 Å². The molecule has 0 spiro atoms. The molecule has 0 saturated carbocycles. The molecule has 2 N–H and O–H groups in total. The lowest BCUT2D eigenvalue weighted by Gasteiger charge is -2.22. The molecule has 0 heterocycles. The average Bonchev–Trinajstić information content (AvgIpc) is 2.62. The highest BCUT2D eigenvalue weighted by Gasteiger charge is 2.20. The van der Waals surface area contributed by atoms with Gasteiger partial charge < -0.3 is 0 Å². The summed E-state index contributed by atoms with van der Waals surface area (Å²) in [4.78, 5) is 0. The van der Waals surface area contributed by atoms with Crippen LogP contribution < -0.4 is 10.1 Å². The molecule has 26 heavy (non-hydrogen) atoms. The van der Waals surface area contributed by atoms with Crippen molar-refractivity contribution < 1.29 is 28.0 Å². The van der Waals surface area contributed by atoms with Gasteiger partial charge in [0.1, 0.15) is 23.0 Å². The lowest BCUT2D eigenvalue weighted by molar-refractivity contribution is 0.291. The third-order valence-corrected chi connectivity index (χ3v) is 3.62. The summed E-state index contributed by atoms with van der Waals surface area (Å²) in [6.45, 7) is 0. The molecule has 3 aromatic carbocycles. The van der Waals surface area contributed by atoms with Crippen molar-refractivity contribution in [3.05, 3.63) is 83.9 Å². The summed E-state index contributed by atoms with van der Waals surface area (Å²) in [6.07, 6.45) is 0. The van der Waals surface area contributed by atoms with E-state index in [9.17, 15) is 28.0 Å². The van der Waals surface area contributed by atoms with Crippen molar-refractivity contribution in [3.8, 4) is 0 Å². The molecule has 0 radical (unpaired) electrons. The zero-order valence-corrected chi connectivity index (χ0v) is 13.1. The first kappa shape index (κ1) is 17.7. The van der Waals surface area contributed by atoms with Crippen LogP contribution in [0.2, 0.25) is 0 Å². The van der Waals surface area contributed by atoms with Gasteiger partial charge in [-0.15, -0.1) is 0 Å². The van der Waals surface area contributed by atoms with Gasteiger partial charge in [-0.1, -0.05) is 0 Å². The van der Waals surface area contributed by atoms with Crippen LogP contribution in [0.3, 0.4) is 0 Å². The lowest BCUT2D eigenvalue weighted by atomic mass is 10.2. The van der Waals surface area contributed by atoms with Crippen LogP contribution in [0.1, 0.15) is 0 Å². The number of halogens is 4. The highest BCUT2D eigenvalue weighted by Crippen LogP contribution is 2.34. The van der Waals surface area contributed by atoms with E-state index in [0.717, 1.165) is 30.3 Å². The van der Waals surface area contributed by atoms with Crippen molar-refractivity contribution in [2.75, 3.05) is 10.1 Å². The quantitative estimate of drug-likeness (QED) is 0.487. The van der Waals surface area contributed by atoms with Crippen LogP contribution >= 0.6 is 0 Å². The predicted molar refractivity (Wildman–Crippen MR) is 87.0 cm³/mol. The molecule has 0 aliphatic carbocycles. The Morgan fingerprint density at radius 2 is 0.885 bits per heavy atom. The molecule has 3 rings (SSSR count). The van der Waals surface area contributed by atoms with E-state index < -0.39 is 34.6 Å². The Morgan fingerprint density at radius 3 is 1.23 bits per heavy atom. The molecule has 0 fully saturated rings. The molecule has 0 amide bonds. The fraction of sp³-hybridized carbons (Fsp3) is 0. The van der Waals surface area contributed by atoms with Crippen LogP contribution in [0.15, 0.2) is 60.7 Å². The monoisotopic (exact) mass is 364 g/mol. The van der Waals surface area contributed by atoms with Gasteiger partial charge in [0.15, 0.2) is 11.6 Å². The molecular weight excluding hydrogens is 352 g/mol. The van der Waals surface area contributed by atoms with Crippen molar-refractivity contribution in [3.63, 3.8) is 0 Å². The van der Waals surface area contributed by atoms with E-state index in [1.807, 2.05) is 0 Å². The van der Waals surface area contributed by atoms with Crippen LogP contribution in [-0.4, -0.2) is 10.4 Å². The van der Waals surface area contributed by atoms with Crippen LogP contribution in [0.5, 0.6) is 0 Å². The molecule has 0 atom stereocenters. The summed E-state index contributed by atoms with van der Waals surface area (Å²) >= 11 is 0. The van der Waals surface area contributed by atoms with E-state index in [0.29, 0.717) is 16.2 Å². The van der Waals surface area contributed by atoms with Gasteiger partial charge in [-0.05, 0) is 54.6 Å². The molecule has 0 aliphatic rings. The zero-order chi connectivity index (χ0) is 18.8. The number of anilines is 4. The Kier molecular flexibility index (Phi) is 4.79. The SMILES string of the molecule is ON(c1ccc(F)cc1)c1cc(N(O)c2ccc(F)cc2)c(F)cc1F. The van der Waals surface area contributed by atoms with E-state index in [1.165, 1.54) is 24.3 Å². The van der Waals surface area contributed by atoms with E-state index in [4.69, 9.17) is 0 Å². The van der Waals surface area contributed by atoms with Crippen molar-refractivity contribution in [1.82, 2.24) is 0 Å². The molecule has 0 aliphatic heterocycles. The molecular formula is C18H12F4N2O2. The van der Waals surface area contributed by atoms with Gasteiger partial charge in [0, 0.05) is 6.07 Å². The number of nitrogens with zero attached hydrogens (tertiary/aromatic N) is 2. The summed E-state index contributed by atoms with van der Waals surface area (Å²) in [6, 6.07) is 10.3. The molecule has 134 valence electrons. The summed E-state index contributed by atoms with van der Waals surface area (Å²) in [5.41, 5.74) is -0.911. The second-order valence-electron chi connectivity index (χ2n) is 5.33. The van der Waals surface area contributed by atoms with Gasteiger partial charge in [-0.3, -0.25) is 10.4 Å². The average molecular weight is 364 g/mol. The summed E-state index contributed by atoms with van der Waals surface area (Å²) in [7, 11) is 0. The van der Waals surface area contributed by atoms with Gasteiger partial charge >= 0.3 is 0 Å². The van der Waals surface area contributed by atoms with Gasteiger partial charge in [-0.25, -0.2) is 27.7 Å². The highest BCUT2D eigenvalue weighted by atomic mass is 19.1.